The third-order valence-corrected chi connectivity index (χ3v) is 4.51. The topological polar surface area (TPSA) is 67.6 Å². The largest absolute Gasteiger partial charge is 0.379 e. The number of nitrogens with two attached hydrogens (primary N) is 1. The van der Waals surface area contributed by atoms with E-state index >= 15 is 0 Å². The number of benzene rings is 2. The van der Waals surface area contributed by atoms with Crippen molar-refractivity contribution in [2.45, 2.75) is 19.6 Å². The second-order valence-corrected chi connectivity index (χ2v) is 6.24. The number of halogens is 1. The van der Waals surface area contributed by atoms with Gasteiger partial charge in [0.05, 0.1) is 13.2 Å². The SMILES string of the molecule is Cl.NCc1ccc(C(=O)NCc2ccccc2CN2CCOCC2)cc1. The van der Waals surface area contributed by atoms with Gasteiger partial charge in [-0.2, -0.15) is 0 Å². The highest BCUT2D eigenvalue weighted by Gasteiger charge is 2.13. The normalized spacial score (nSPS) is 14.5. The summed E-state index contributed by atoms with van der Waals surface area (Å²) in [5.41, 5.74) is 9.67. The van der Waals surface area contributed by atoms with Gasteiger partial charge in [0, 0.05) is 38.3 Å². The fourth-order valence-corrected chi connectivity index (χ4v) is 2.95. The summed E-state index contributed by atoms with van der Waals surface area (Å²) in [6, 6.07) is 15.7. The molecule has 0 saturated carbocycles. The van der Waals surface area contributed by atoms with Crippen LogP contribution in [0.5, 0.6) is 0 Å². The van der Waals surface area contributed by atoms with E-state index in [1.807, 2.05) is 36.4 Å². The molecule has 1 amide bonds. The summed E-state index contributed by atoms with van der Waals surface area (Å²) in [6.07, 6.45) is 0. The molecule has 0 spiro atoms. The number of nitrogens with zero attached hydrogens (tertiary/aromatic N) is 1. The first-order valence-electron chi connectivity index (χ1n) is 8.70. The first-order chi connectivity index (χ1) is 12.3. The Bertz CT molecular complexity index is 700. The first kappa shape index (κ1) is 20.4. The molecule has 1 heterocycles. The van der Waals surface area contributed by atoms with E-state index in [2.05, 4.69) is 22.3 Å². The molecule has 5 nitrogen and oxygen atoms in total. The maximum atomic E-state index is 12.3. The number of morpholine rings is 1. The minimum absolute atomic E-state index is 0. The average molecular weight is 376 g/mol. The summed E-state index contributed by atoms with van der Waals surface area (Å²) in [5, 5.41) is 3.02. The summed E-state index contributed by atoms with van der Waals surface area (Å²) >= 11 is 0. The van der Waals surface area contributed by atoms with Crippen LogP contribution in [-0.2, 0) is 24.4 Å². The summed E-state index contributed by atoms with van der Waals surface area (Å²) in [7, 11) is 0. The maximum absolute atomic E-state index is 12.3. The molecule has 0 bridgehead atoms. The summed E-state index contributed by atoms with van der Waals surface area (Å²) in [6.45, 7) is 5.38. The predicted octanol–water partition coefficient (Wildman–Crippen LogP) is 2.33. The zero-order valence-electron chi connectivity index (χ0n) is 14.8. The first-order valence-corrected chi connectivity index (χ1v) is 8.70. The van der Waals surface area contributed by atoms with Gasteiger partial charge in [-0.1, -0.05) is 36.4 Å². The lowest BCUT2D eigenvalue weighted by molar-refractivity contribution is 0.0340. The Morgan fingerprint density at radius 1 is 1.04 bits per heavy atom. The van der Waals surface area contributed by atoms with Crippen LogP contribution in [0.2, 0.25) is 0 Å². The fourth-order valence-electron chi connectivity index (χ4n) is 2.95. The van der Waals surface area contributed by atoms with E-state index in [1.54, 1.807) is 0 Å². The van der Waals surface area contributed by atoms with Gasteiger partial charge in [-0.25, -0.2) is 0 Å². The van der Waals surface area contributed by atoms with Gasteiger partial charge in [-0.05, 0) is 28.8 Å². The van der Waals surface area contributed by atoms with Crippen molar-refractivity contribution in [3.8, 4) is 0 Å². The number of carbonyl (C=O) groups excluding carboxylic acids is 1. The zero-order valence-corrected chi connectivity index (χ0v) is 15.6. The molecule has 1 fully saturated rings. The molecule has 3 N–H and O–H groups in total. The molecule has 1 aliphatic rings. The minimum Gasteiger partial charge on any atom is -0.379 e. The van der Waals surface area contributed by atoms with Gasteiger partial charge in [0.15, 0.2) is 0 Å². The van der Waals surface area contributed by atoms with Crippen LogP contribution in [0.1, 0.15) is 27.0 Å². The standard InChI is InChI=1S/C20H25N3O2.ClH/c21-13-16-5-7-17(8-6-16)20(24)22-14-18-3-1-2-4-19(18)15-23-9-11-25-12-10-23;/h1-8H,9-15,21H2,(H,22,24);1H. The lowest BCUT2D eigenvalue weighted by Crippen LogP contribution is -2.36. The van der Waals surface area contributed by atoms with Crippen molar-refractivity contribution in [3.63, 3.8) is 0 Å². The molecule has 1 saturated heterocycles. The number of hydrogen-bond acceptors (Lipinski definition) is 4. The molecule has 0 radical (unpaired) electrons. The van der Waals surface area contributed by atoms with Crippen molar-refractivity contribution >= 4 is 18.3 Å². The molecular formula is C20H26ClN3O2. The third kappa shape index (κ3) is 5.54. The molecule has 3 rings (SSSR count). The maximum Gasteiger partial charge on any atom is 0.251 e. The van der Waals surface area contributed by atoms with Crippen molar-refractivity contribution in [3.05, 3.63) is 70.8 Å². The Balaban J connectivity index is 0.00000243. The van der Waals surface area contributed by atoms with E-state index in [1.165, 1.54) is 5.56 Å². The number of rotatable bonds is 6. The Morgan fingerprint density at radius 3 is 2.35 bits per heavy atom. The van der Waals surface area contributed by atoms with Crippen LogP contribution in [0.15, 0.2) is 48.5 Å². The van der Waals surface area contributed by atoms with Crippen LogP contribution in [0, 0.1) is 0 Å². The molecular weight excluding hydrogens is 350 g/mol. The van der Waals surface area contributed by atoms with Gasteiger partial charge in [0.2, 0.25) is 0 Å². The number of ether oxygens (including phenoxy) is 1. The molecule has 0 atom stereocenters. The molecule has 0 aliphatic carbocycles. The highest BCUT2D eigenvalue weighted by atomic mass is 35.5. The van der Waals surface area contributed by atoms with Crippen molar-refractivity contribution in [1.29, 1.82) is 0 Å². The van der Waals surface area contributed by atoms with Crippen LogP contribution in [-0.4, -0.2) is 37.1 Å². The van der Waals surface area contributed by atoms with E-state index in [-0.39, 0.29) is 18.3 Å². The molecule has 0 unspecified atom stereocenters. The zero-order chi connectivity index (χ0) is 17.5. The number of hydrogen-bond donors (Lipinski definition) is 2. The lowest BCUT2D eigenvalue weighted by Gasteiger charge is -2.27. The Morgan fingerprint density at radius 2 is 1.69 bits per heavy atom. The molecule has 2 aromatic carbocycles. The molecule has 0 aromatic heterocycles. The van der Waals surface area contributed by atoms with Gasteiger partial charge >= 0.3 is 0 Å². The lowest BCUT2D eigenvalue weighted by atomic mass is 10.1. The van der Waals surface area contributed by atoms with Gasteiger partial charge in [0.25, 0.3) is 5.91 Å². The summed E-state index contributed by atoms with van der Waals surface area (Å²) in [4.78, 5) is 14.7. The summed E-state index contributed by atoms with van der Waals surface area (Å²) < 4.78 is 5.41. The van der Waals surface area contributed by atoms with Gasteiger partial charge < -0.3 is 15.8 Å². The van der Waals surface area contributed by atoms with Gasteiger partial charge in [-0.3, -0.25) is 9.69 Å². The van der Waals surface area contributed by atoms with Crippen molar-refractivity contribution in [1.82, 2.24) is 10.2 Å². The molecule has 1 aliphatic heterocycles. The van der Waals surface area contributed by atoms with Crippen LogP contribution in [0.4, 0.5) is 0 Å². The second-order valence-electron chi connectivity index (χ2n) is 6.24. The van der Waals surface area contributed by atoms with E-state index in [9.17, 15) is 4.79 Å². The van der Waals surface area contributed by atoms with Crippen LogP contribution < -0.4 is 11.1 Å². The second kappa shape index (κ2) is 10.3. The summed E-state index contributed by atoms with van der Waals surface area (Å²) in [5.74, 6) is -0.0650. The fraction of sp³-hybridized carbons (Fsp3) is 0.350. The molecule has 2 aromatic rings. The minimum atomic E-state index is -0.0650. The van der Waals surface area contributed by atoms with Crippen LogP contribution >= 0.6 is 12.4 Å². The number of carbonyl (C=O) groups is 1. The molecule has 6 heteroatoms. The average Bonchev–Trinajstić information content (AvgIpc) is 2.68. The third-order valence-electron chi connectivity index (χ3n) is 4.51. The van der Waals surface area contributed by atoms with E-state index in [0.29, 0.717) is 18.7 Å². The predicted molar refractivity (Wildman–Crippen MR) is 105 cm³/mol. The van der Waals surface area contributed by atoms with E-state index in [0.717, 1.165) is 44.0 Å². The molecule has 140 valence electrons. The Hall–Kier alpha value is -1.92. The van der Waals surface area contributed by atoms with Crippen LogP contribution in [0.25, 0.3) is 0 Å². The van der Waals surface area contributed by atoms with E-state index < -0.39 is 0 Å². The Kier molecular flexibility index (Phi) is 8.06. The highest BCUT2D eigenvalue weighted by molar-refractivity contribution is 5.94. The van der Waals surface area contributed by atoms with Crippen molar-refractivity contribution < 1.29 is 9.53 Å². The van der Waals surface area contributed by atoms with Gasteiger partial charge in [-0.15, -0.1) is 12.4 Å². The molecule has 26 heavy (non-hydrogen) atoms. The highest BCUT2D eigenvalue weighted by Crippen LogP contribution is 2.13. The Labute approximate surface area is 160 Å². The smallest absolute Gasteiger partial charge is 0.251 e. The quantitative estimate of drug-likeness (QED) is 0.813. The van der Waals surface area contributed by atoms with Crippen molar-refractivity contribution in [2.24, 2.45) is 5.73 Å². The van der Waals surface area contributed by atoms with Gasteiger partial charge in [0.1, 0.15) is 0 Å². The number of amides is 1. The van der Waals surface area contributed by atoms with Crippen LogP contribution in [0.3, 0.4) is 0 Å². The van der Waals surface area contributed by atoms with E-state index in [4.69, 9.17) is 10.5 Å². The van der Waals surface area contributed by atoms with Crippen molar-refractivity contribution in [2.75, 3.05) is 26.3 Å². The number of nitrogens with one attached hydrogen (secondary N) is 1. The monoisotopic (exact) mass is 375 g/mol.